The summed E-state index contributed by atoms with van der Waals surface area (Å²) in [4.78, 5) is 8.47. The van der Waals surface area contributed by atoms with E-state index in [2.05, 4.69) is 25.9 Å². The number of fused-ring (bicyclic) bond motifs is 1. The predicted octanol–water partition coefficient (Wildman–Crippen LogP) is 3.48. The van der Waals surface area contributed by atoms with Crippen LogP contribution in [0, 0.1) is 0 Å². The molecule has 1 N–H and O–H groups in total. The maximum Gasteiger partial charge on any atom is 0.137 e. The Hall–Kier alpha value is -1.98. The molecule has 21 heavy (non-hydrogen) atoms. The van der Waals surface area contributed by atoms with Gasteiger partial charge in [-0.2, -0.15) is 0 Å². The van der Waals surface area contributed by atoms with Gasteiger partial charge >= 0.3 is 0 Å². The van der Waals surface area contributed by atoms with Crippen LogP contribution < -0.4 is 4.74 Å². The topological polar surface area (TPSA) is 55.2 Å². The Labute approximate surface area is 130 Å². The lowest BCUT2D eigenvalue weighted by Crippen LogP contribution is -2.02. The third-order valence-electron chi connectivity index (χ3n) is 3.33. The van der Waals surface area contributed by atoms with Crippen molar-refractivity contribution in [2.45, 2.75) is 6.10 Å². The summed E-state index contributed by atoms with van der Waals surface area (Å²) >= 11 is 3.51. The number of benzene rings is 1. The van der Waals surface area contributed by atoms with Crippen LogP contribution in [-0.2, 0) is 0 Å². The normalized spacial score (nSPS) is 12.3. The van der Waals surface area contributed by atoms with E-state index < -0.39 is 6.10 Å². The van der Waals surface area contributed by atoms with E-state index >= 15 is 0 Å². The number of hydrogen-bond donors (Lipinski definition) is 1. The van der Waals surface area contributed by atoms with E-state index in [0.29, 0.717) is 11.3 Å². The van der Waals surface area contributed by atoms with E-state index in [1.54, 1.807) is 31.8 Å². The Morgan fingerprint density at radius 2 is 2.10 bits per heavy atom. The fourth-order valence-corrected chi connectivity index (χ4v) is 2.71. The van der Waals surface area contributed by atoms with Crippen LogP contribution in [0.1, 0.15) is 17.2 Å². The van der Waals surface area contributed by atoms with Crippen LogP contribution in [0.25, 0.3) is 10.9 Å². The number of ether oxygens (including phenoxy) is 1. The summed E-state index contributed by atoms with van der Waals surface area (Å²) in [6, 6.07) is 9.39. The highest BCUT2D eigenvalue weighted by Gasteiger charge is 2.16. The van der Waals surface area contributed by atoms with Crippen LogP contribution in [0.15, 0.2) is 53.4 Å². The first-order valence-electron chi connectivity index (χ1n) is 6.41. The van der Waals surface area contributed by atoms with Gasteiger partial charge in [0, 0.05) is 33.4 Å². The fraction of sp³-hybridized carbons (Fsp3) is 0.125. The van der Waals surface area contributed by atoms with Gasteiger partial charge in [-0.3, -0.25) is 9.97 Å². The van der Waals surface area contributed by atoms with Gasteiger partial charge in [0.1, 0.15) is 11.9 Å². The number of aliphatic hydroxyl groups is 1. The van der Waals surface area contributed by atoms with Crippen molar-refractivity contribution in [2.24, 2.45) is 0 Å². The molecule has 5 heteroatoms. The molecule has 3 rings (SSSR count). The van der Waals surface area contributed by atoms with Crippen molar-refractivity contribution >= 4 is 26.8 Å². The molecule has 0 spiro atoms. The highest BCUT2D eigenvalue weighted by molar-refractivity contribution is 9.10. The number of pyridine rings is 2. The second-order valence-electron chi connectivity index (χ2n) is 4.60. The van der Waals surface area contributed by atoms with Crippen molar-refractivity contribution in [3.63, 3.8) is 0 Å². The summed E-state index contributed by atoms with van der Waals surface area (Å²) in [6.45, 7) is 0. The molecule has 2 heterocycles. The van der Waals surface area contributed by atoms with Crippen molar-refractivity contribution in [3.05, 3.63) is 64.5 Å². The summed E-state index contributed by atoms with van der Waals surface area (Å²) < 4.78 is 6.10. The summed E-state index contributed by atoms with van der Waals surface area (Å²) in [5, 5.41) is 11.6. The standard InChI is InChI=1S/C16H13BrN2O2/c1-21-11-7-10(8-18-9-11)16(20)13-4-5-14(17)12-3-2-6-19-15(12)13/h2-9,16,20H,1H3. The van der Waals surface area contributed by atoms with E-state index in [0.717, 1.165) is 20.9 Å². The molecule has 0 fully saturated rings. The third kappa shape index (κ3) is 2.62. The second-order valence-corrected chi connectivity index (χ2v) is 5.45. The van der Waals surface area contributed by atoms with Crippen molar-refractivity contribution in [2.75, 3.05) is 7.11 Å². The van der Waals surface area contributed by atoms with Crippen molar-refractivity contribution in [1.82, 2.24) is 9.97 Å². The smallest absolute Gasteiger partial charge is 0.137 e. The minimum Gasteiger partial charge on any atom is -0.495 e. The highest BCUT2D eigenvalue weighted by Crippen LogP contribution is 2.32. The number of nitrogens with zero attached hydrogens (tertiary/aromatic N) is 2. The van der Waals surface area contributed by atoms with Gasteiger partial charge in [-0.25, -0.2) is 0 Å². The molecule has 0 saturated carbocycles. The lowest BCUT2D eigenvalue weighted by Gasteiger charge is -2.14. The van der Waals surface area contributed by atoms with E-state index in [4.69, 9.17) is 4.74 Å². The molecule has 0 aliphatic carbocycles. The maximum absolute atomic E-state index is 10.6. The van der Waals surface area contributed by atoms with Crippen molar-refractivity contribution in [1.29, 1.82) is 0 Å². The van der Waals surface area contributed by atoms with Crippen LogP contribution in [-0.4, -0.2) is 22.2 Å². The molecule has 1 atom stereocenters. The Bertz CT molecular complexity index is 792. The summed E-state index contributed by atoms with van der Waals surface area (Å²) in [5.41, 5.74) is 2.18. The predicted molar refractivity (Wildman–Crippen MR) is 84.3 cm³/mol. The van der Waals surface area contributed by atoms with E-state index in [1.807, 2.05) is 24.3 Å². The fourth-order valence-electron chi connectivity index (χ4n) is 2.26. The first-order valence-corrected chi connectivity index (χ1v) is 7.20. The minimum atomic E-state index is -0.807. The molecule has 1 aromatic carbocycles. The maximum atomic E-state index is 10.6. The SMILES string of the molecule is COc1cncc(C(O)c2ccc(Br)c3cccnc23)c1. The summed E-state index contributed by atoms with van der Waals surface area (Å²) in [7, 11) is 1.57. The number of hydrogen-bond acceptors (Lipinski definition) is 4. The molecule has 106 valence electrons. The van der Waals surface area contributed by atoms with Gasteiger partial charge in [0.05, 0.1) is 18.8 Å². The molecule has 1 unspecified atom stereocenters. The van der Waals surface area contributed by atoms with Crippen molar-refractivity contribution < 1.29 is 9.84 Å². The van der Waals surface area contributed by atoms with Gasteiger partial charge in [0.2, 0.25) is 0 Å². The van der Waals surface area contributed by atoms with Crippen LogP contribution in [0.4, 0.5) is 0 Å². The number of aliphatic hydroxyl groups excluding tert-OH is 1. The van der Waals surface area contributed by atoms with Gasteiger partial charge in [-0.15, -0.1) is 0 Å². The first-order chi connectivity index (χ1) is 10.2. The lowest BCUT2D eigenvalue weighted by atomic mass is 10.00. The zero-order valence-electron chi connectivity index (χ0n) is 11.3. The van der Waals surface area contributed by atoms with Gasteiger partial charge in [0.15, 0.2) is 0 Å². The Morgan fingerprint density at radius 1 is 1.24 bits per heavy atom. The molecule has 0 radical (unpaired) electrons. The molecule has 0 saturated heterocycles. The molecular weight excluding hydrogens is 332 g/mol. The van der Waals surface area contributed by atoms with Crippen LogP contribution >= 0.6 is 15.9 Å². The van der Waals surface area contributed by atoms with Crippen LogP contribution in [0.3, 0.4) is 0 Å². The summed E-state index contributed by atoms with van der Waals surface area (Å²) in [6.07, 6.45) is 4.14. The summed E-state index contributed by atoms with van der Waals surface area (Å²) in [5.74, 6) is 0.612. The molecule has 0 aliphatic heterocycles. The average Bonchev–Trinajstić information content (AvgIpc) is 2.55. The monoisotopic (exact) mass is 344 g/mol. The minimum absolute atomic E-state index is 0.612. The Balaban J connectivity index is 2.13. The van der Waals surface area contributed by atoms with Crippen LogP contribution in [0.2, 0.25) is 0 Å². The van der Waals surface area contributed by atoms with Gasteiger partial charge in [-0.1, -0.05) is 28.1 Å². The van der Waals surface area contributed by atoms with Gasteiger partial charge in [0.25, 0.3) is 0 Å². The van der Waals surface area contributed by atoms with Gasteiger partial charge in [-0.05, 0) is 18.2 Å². The zero-order chi connectivity index (χ0) is 14.8. The number of rotatable bonds is 3. The second kappa shape index (κ2) is 5.79. The lowest BCUT2D eigenvalue weighted by molar-refractivity contribution is 0.220. The molecule has 0 aliphatic rings. The average molecular weight is 345 g/mol. The molecule has 0 bridgehead atoms. The van der Waals surface area contributed by atoms with Gasteiger partial charge < -0.3 is 9.84 Å². The Kier molecular flexibility index (Phi) is 3.86. The number of methoxy groups -OCH3 is 1. The first kappa shape index (κ1) is 14.0. The molecule has 3 aromatic rings. The third-order valence-corrected chi connectivity index (χ3v) is 4.02. The molecule has 2 aromatic heterocycles. The van der Waals surface area contributed by atoms with E-state index in [-0.39, 0.29) is 0 Å². The van der Waals surface area contributed by atoms with E-state index in [9.17, 15) is 5.11 Å². The highest BCUT2D eigenvalue weighted by atomic mass is 79.9. The van der Waals surface area contributed by atoms with E-state index in [1.165, 1.54) is 0 Å². The largest absolute Gasteiger partial charge is 0.495 e. The molecular formula is C16H13BrN2O2. The quantitative estimate of drug-likeness (QED) is 0.790. The zero-order valence-corrected chi connectivity index (χ0v) is 12.9. The molecule has 0 amide bonds. The molecule has 4 nitrogen and oxygen atoms in total. The van der Waals surface area contributed by atoms with Crippen LogP contribution in [0.5, 0.6) is 5.75 Å². The number of halogens is 1. The Morgan fingerprint density at radius 3 is 2.90 bits per heavy atom. The number of aromatic nitrogens is 2. The van der Waals surface area contributed by atoms with Crippen molar-refractivity contribution in [3.8, 4) is 5.75 Å².